The summed E-state index contributed by atoms with van der Waals surface area (Å²) in [7, 11) is 0. The van der Waals surface area contributed by atoms with Crippen molar-refractivity contribution < 1.29 is 9.59 Å². The Morgan fingerprint density at radius 2 is 1.58 bits per heavy atom. The van der Waals surface area contributed by atoms with Gasteiger partial charge in [0.2, 0.25) is 11.8 Å². The summed E-state index contributed by atoms with van der Waals surface area (Å²) in [4.78, 5) is 27.1. The Bertz CT molecular complexity index is 729. The fraction of sp³-hybridized carbons (Fsp3) is 0.333. The maximum atomic E-state index is 13.0. The van der Waals surface area contributed by atoms with Crippen LogP contribution in [0.4, 0.5) is 0 Å². The average molecular weight is 417 g/mol. The van der Waals surface area contributed by atoms with Crippen molar-refractivity contribution in [3.63, 3.8) is 0 Å². The normalized spacial score (nSPS) is 11.9. The van der Waals surface area contributed by atoms with E-state index < -0.39 is 6.04 Å². The van der Waals surface area contributed by atoms with Crippen LogP contribution in [0.1, 0.15) is 31.9 Å². The zero-order chi connectivity index (χ0) is 19.1. The van der Waals surface area contributed by atoms with Crippen LogP contribution in [0.3, 0.4) is 0 Å². The maximum Gasteiger partial charge on any atom is 0.242 e. The number of nitrogens with one attached hydrogen (secondary N) is 1. The molecule has 0 saturated heterocycles. The number of rotatable bonds is 7. The summed E-state index contributed by atoms with van der Waals surface area (Å²) < 4.78 is 0.981. The number of hydrogen-bond donors (Lipinski definition) is 1. The van der Waals surface area contributed by atoms with Gasteiger partial charge in [-0.05, 0) is 44.0 Å². The molecule has 0 spiro atoms. The van der Waals surface area contributed by atoms with Crippen LogP contribution in [0, 0.1) is 0 Å². The monoisotopic (exact) mass is 416 g/mol. The molecule has 0 bridgehead atoms. The first-order valence-electron chi connectivity index (χ1n) is 8.75. The maximum absolute atomic E-state index is 13.0. The zero-order valence-corrected chi connectivity index (χ0v) is 17.0. The molecule has 0 fully saturated rings. The first kappa shape index (κ1) is 20.2. The SMILES string of the molecule is CC(C)NC(=O)C(C)N(Cc1ccc(Br)cc1)C(=O)Cc1ccccc1. The van der Waals surface area contributed by atoms with E-state index in [4.69, 9.17) is 0 Å². The molecule has 4 nitrogen and oxygen atoms in total. The predicted molar refractivity (Wildman–Crippen MR) is 108 cm³/mol. The van der Waals surface area contributed by atoms with E-state index in [-0.39, 0.29) is 24.3 Å². The summed E-state index contributed by atoms with van der Waals surface area (Å²) in [5.41, 5.74) is 1.92. The van der Waals surface area contributed by atoms with E-state index in [0.29, 0.717) is 6.54 Å². The van der Waals surface area contributed by atoms with Crippen molar-refractivity contribution in [2.75, 3.05) is 0 Å². The van der Waals surface area contributed by atoms with E-state index in [2.05, 4.69) is 21.2 Å². The minimum Gasteiger partial charge on any atom is -0.352 e. The second-order valence-corrected chi connectivity index (χ2v) is 7.57. The smallest absolute Gasteiger partial charge is 0.242 e. The lowest BCUT2D eigenvalue weighted by Crippen LogP contribution is -2.49. The van der Waals surface area contributed by atoms with Gasteiger partial charge in [0.05, 0.1) is 6.42 Å². The van der Waals surface area contributed by atoms with Crippen LogP contribution in [0.2, 0.25) is 0 Å². The predicted octanol–water partition coefficient (Wildman–Crippen LogP) is 3.93. The molecule has 26 heavy (non-hydrogen) atoms. The number of benzene rings is 2. The summed E-state index contributed by atoms with van der Waals surface area (Å²) in [5.74, 6) is -0.205. The number of amides is 2. The molecule has 1 N–H and O–H groups in total. The molecule has 0 radical (unpaired) electrons. The quantitative estimate of drug-likeness (QED) is 0.742. The molecule has 0 aliphatic rings. The summed E-state index contributed by atoms with van der Waals surface area (Å²) in [6, 6.07) is 16.9. The van der Waals surface area contributed by atoms with E-state index in [0.717, 1.165) is 15.6 Å². The van der Waals surface area contributed by atoms with Crippen molar-refractivity contribution in [3.05, 3.63) is 70.2 Å². The highest BCUT2D eigenvalue weighted by molar-refractivity contribution is 9.10. The third-order valence-corrected chi connectivity index (χ3v) is 4.59. The summed E-state index contributed by atoms with van der Waals surface area (Å²) in [6.07, 6.45) is 0.274. The van der Waals surface area contributed by atoms with Crippen LogP contribution in [0.25, 0.3) is 0 Å². The molecule has 1 unspecified atom stereocenters. The lowest BCUT2D eigenvalue weighted by molar-refractivity contribution is -0.140. The van der Waals surface area contributed by atoms with E-state index in [1.54, 1.807) is 11.8 Å². The molecular weight excluding hydrogens is 392 g/mol. The van der Waals surface area contributed by atoms with Gasteiger partial charge in [-0.25, -0.2) is 0 Å². The Balaban J connectivity index is 2.20. The fourth-order valence-corrected chi connectivity index (χ4v) is 2.91. The fourth-order valence-electron chi connectivity index (χ4n) is 2.65. The summed E-state index contributed by atoms with van der Waals surface area (Å²) in [6.45, 7) is 6.00. The Morgan fingerprint density at radius 1 is 0.962 bits per heavy atom. The molecule has 2 aromatic rings. The number of hydrogen-bond acceptors (Lipinski definition) is 2. The van der Waals surface area contributed by atoms with Crippen LogP contribution in [0.5, 0.6) is 0 Å². The molecule has 2 amide bonds. The van der Waals surface area contributed by atoms with Crippen molar-refractivity contribution in [3.8, 4) is 0 Å². The van der Waals surface area contributed by atoms with Gasteiger partial charge in [-0.15, -0.1) is 0 Å². The minimum atomic E-state index is -0.544. The van der Waals surface area contributed by atoms with Crippen LogP contribution in [-0.4, -0.2) is 28.8 Å². The van der Waals surface area contributed by atoms with Gasteiger partial charge in [0.15, 0.2) is 0 Å². The standard InChI is InChI=1S/C21H25BrN2O2/c1-15(2)23-21(26)16(3)24(14-18-9-11-19(22)12-10-18)20(25)13-17-7-5-4-6-8-17/h4-12,15-16H,13-14H2,1-3H3,(H,23,26). The molecule has 2 rings (SSSR count). The van der Waals surface area contributed by atoms with Crippen LogP contribution in [0.15, 0.2) is 59.1 Å². The second kappa shape index (κ2) is 9.53. The molecule has 5 heteroatoms. The third kappa shape index (κ3) is 5.99. The van der Waals surface area contributed by atoms with E-state index in [1.807, 2.05) is 68.4 Å². The Kier molecular flexibility index (Phi) is 7.39. The Labute approximate surface area is 163 Å². The van der Waals surface area contributed by atoms with Crippen molar-refractivity contribution in [2.45, 2.75) is 45.8 Å². The van der Waals surface area contributed by atoms with Gasteiger partial charge >= 0.3 is 0 Å². The van der Waals surface area contributed by atoms with Gasteiger partial charge in [-0.1, -0.05) is 58.4 Å². The van der Waals surface area contributed by atoms with Gasteiger partial charge in [0.1, 0.15) is 6.04 Å². The van der Waals surface area contributed by atoms with Gasteiger partial charge in [0.25, 0.3) is 0 Å². The van der Waals surface area contributed by atoms with Gasteiger partial charge in [-0.2, -0.15) is 0 Å². The van der Waals surface area contributed by atoms with Crippen LogP contribution in [-0.2, 0) is 22.6 Å². The highest BCUT2D eigenvalue weighted by Gasteiger charge is 2.26. The molecule has 0 aliphatic carbocycles. The molecule has 0 aromatic heterocycles. The lowest BCUT2D eigenvalue weighted by Gasteiger charge is -2.29. The van der Waals surface area contributed by atoms with Crippen LogP contribution < -0.4 is 5.32 Å². The first-order chi connectivity index (χ1) is 12.4. The molecule has 0 aliphatic heterocycles. The van der Waals surface area contributed by atoms with Crippen molar-refractivity contribution in [1.29, 1.82) is 0 Å². The number of carbonyl (C=O) groups is 2. The Hall–Kier alpha value is -2.14. The van der Waals surface area contributed by atoms with Crippen molar-refractivity contribution in [2.24, 2.45) is 0 Å². The van der Waals surface area contributed by atoms with Crippen molar-refractivity contribution >= 4 is 27.7 Å². The molecule has 0 heterocycles. The summed E-state index contributed by atoms with van der Waals surface area (Å²) in [5, 5.41) is 2.90. The van der Waals surface area contributed by atoms with Gasteiger partial charge in [0, 0.05) is 17.1 Å². The molecule has 2 aromatic carbocycles. The Morgan fingerprint density at radius 3 is 2.15 bits per heavy atom. The van der Waals surface area contributed by atoms with Crippen molar-refractivity contribution in [1.82, 2.24) is 10.2 Å². The number of nitrogens with zero attached hydrogens (tertiary/aromatic N) is 1. The summed E-state index contributed by atoms with van der Waals surface area (Å²) >= 11 is 3.42. The average Bonchev–Trinajstić information content (AvgIpc) is 2.60. The van der Waals surface area contributed by atoms with Gasteiger partial charge < -0.3 is 10.2 Å². The highest BCUT2D eigenvalue weighted by atomic mass is 79.9. The molecule has 0 saturated carbocycles. The molecule has 138 valence electrons. The number of carbonyl (C=O) groups excluding carboxylic acids is 2. The van der Waals surface area contributed by atoms with Crippen LogP contribution >= 0.6 is 15.9 Å². The largest absolute Gasteiger partial charge is 0.352 e. The van der Waals surface area contributed by atoms with Gasteiger partial charge in [-0.3, -0.25) is 9.59 Å². The molecular formula is C21H25BrN2O2. The topological polar surface area (TPSA) is 49.4 Å². The van der Waals surface area contributed by atoms with E-state index in [9.17, 15) is 9.59 Å². The third-order valence-electron chi connectivity index (χ3n) is 4.06. The minimum absolute atomic E-state index is 0.0312. The number of halogens is 1. The molecule has 1 atom stereocenters. The lowest BCUT2D eigenvalue weighted by atomic mass is 10.1. The second-order valence-electron chi connectivity index (χ2n) is 6.65. The zero-order valence-electron chi connectivity index (χ0n) is 15.4. The van der Waals surface area contributed by atoms with E-state index in [1.165, 1.54) is 0 Å². The first-order valence-corrected chi connectivity index (χ1v) is 9.54. The highest BCUT2D eigenvalue weighted by Crippen LogP contribution is 2.15. The van der Waals surface area contributed by atoms with E-state index >= 15 is 0 Å².